The Morgan fingerprint density at radius 2 is 1.76 bits per heavy atom. The van der Waals surface area contributed by atoms with E-state index in [1.807, 2.05) is 60.7 Å². The molecular formula is C26H25ClN4O2S. The number of hydrogen-bond acceptors (Lipinski definition) is 7. The number of ether oxygens (including phenoxy) is 1. The van der Waals surface area contributed by atoms with E-state index in [4.69, 9.17) is 25.7 Å². The van der Waals surface area contributed by atoms with Crippen LogP contribution in [0.5, 0.6) is 5.88 Å². The smallest absolute Gasteiger partial charge is 0.247 e. The van der Waals surface area contributed by atoms with Crippen LogP contribution in [-0.4, -0.2) is 20.9 Å². The van der Waals surface area contributed by atoms with Gasteiger partial charge in [-0.3, -0.25) is 0 Å². The molecule has 6 nitrogen and oxygen atoms in total. The van der Waals surface area contributed by atoms with E-state index in [0.29, 0.717) is 33.3 Å². The van der Waals surface area contributed by atoms with Gasteiger partial charge in [-0.1, -0.05) is 79.9 Å². The van der Waals surface area contributed by atoms with E-state index in [0.717, 1.165) is 29.0 Å². The van der Waals surface area contributed by atoms with Crippen molar-refractivity contribution in [2.75, 3.05) is 11.1 Å². The van der Waals surface area contributed by atoms with Gasteiger partial charge in [0.1, 0.15) is 5.76 Å². The average molecular weight is 493 g/mol. The minimum absolute atomic E-state index is 0.434. The van der Waals surface area contributed by atoms with Gasteiger partial charge in [-0.2, -0.15) is 4.98 Å². The topological polar surface area (TPSA) is 73.1 Å². The van der Waals surface area contributed by atoms with Gasteiger partial charge in [0.2, 0.25) is 17.3 Å². The van der Waals surface area contributed by atoms with Crippen molar-refractivity contribution in [2.45, 2.75) is 44.0 Å². The first-order valence-electron chi connectivity index (χ1n) is 11.5. The number of hydrogen-bond donors (Lipinski definition) is 1. The molecule has 0 saturated carbocycles. The Kier molecular flexibility index (Phi) is 7.02. The van der Waals surface area contributed by atoms with E-state index in [1.54, 1.807) is 11.8 Å². The quantitative estimate of drug-likeness (QED) is 0.200. The van der Waals surface area contributed by atoms with Crippen LogP contribution in [0, 0.1) is 0 Å². The molecule has 1 N–H and O–H groups in total. The summed E-state index contributed by atoms with van der Waals surface area (Å²) < 4.78 is 12.5. The third-order valence-corrected chi connectivity index (χ3v) is 6.84. The molecule has 1 aliphatic heterocycles. The second kappa shape index (κ2) is 10.5. The Morgan fingerprint density at radius 1 is 0.941 bits per heavy atom. The molecule has 0 bridgehead atoms. The predicted octanol–water partition coefficient (Wildman–Crippen LogP) is 7.63. The summed E-state index contributed by atoms with van der Waals surface area (Å²) in [6.07, 6.45) is 4.22. The van der Waals surface area contributed by atoms with E-state index in [-0.39, 0.29) is 0 Å². The Balaban J connectivity index is 1.44. The Hall–Kier alpha value is -3.03. The van der Waals surface area contributed by atoms with Crippen molar-refractivity contribution in [1.82, 2.24) is 15.2 Å². The first kappa shape index (κ1) is 22.7. The van der Waals surface area contributed by atoms with Crippen molar-refractivity contribution >= 4 is 29.1 Å². The largest absolute Gasteiger partial charge is 0.455 e. The molecule has 2 aromatic carbocycles. The molecular weight excluding hydrogens is 468 g/mol. The zero-order chi connectivity index (χ0) is 23.3. The molecule has 5 rings (SSSR count). The number of para-hydroxylation sites is 1. The highest BCUT2D eigenvalue weighted by Crippen LogP contribution is 2.40. The molecule has 0 saturated heterocycles. The lowest BCUT2D eigenvalue weighted by atomic mass is 10.1. The minimum Gasteiger partial charge on any atom is -0.455 e. The molecule has 3 heterocycles. The molecule has 34 heavy (non-hydrogen) atoms. The Labute approximate surface area is 208 Å². The third-order valence-electron chi connectivity index (χ3n) is 5.59. The summed E-state index contributed by atoms with van der Waals surface area (Å²) in [6, 6.07) is 19.3. The fraction of sp³-hybridized carbons (Fsp3) is 0.269. The lowest BCUT2D eigenvalue weighted by Gasteiger charge is -2.16. The number of unbranched alkanes of at least 4 members (excludes halogenated alkanes) is 3. The van der Waals surface area contributed by atoms with E-state index in [2.05, 4.69) is 22.4 Å². The predicted molar refractivity (Wildman–Crippen MR) is 136 cm³/mol. The summed E-state index contributed by atoms with van der Waals surface area (Å²) in [5.41, 5.74) is 3.20. The molecule has 1 aliphatic rings. The molecule has 1 unspecified atom stereocenters. The molecule has 174 valence electrons. The number of nitrogens with one attached hydrogen (secondary N) is 1. The van der Waals surface area contributed by atoms with Crippen molar-refractivity contribution in [3.05, 3.63) is 71.4 Å². The van der Waals surface area contributed by atoms with Crippen LogP contribution >= 0.6 is 23.4 Å². The van der Waals surface area contributed by atoms with Crippen LogP contribution < -0.4 is 10.1 Å². The number of halogens is 1. The van der Waals surface area contributed by atoms with Gasteiger partial charge in [0.15, 0.2) is 11.5 Å². The lowest BCUT2D eigenvalue weighted by molar-refractivity contribution is 0.196. The molecule has 0 spiro atoms. The molecule has 1 atom stereocenters. The van der Waals surface area contributed by atoms with Crippen LogP contribution in [0.1, 0.15) is 44.6 Å². The van der Waals surface area contributed by atoms with Gasteiger partial charge in [0.05, 0.1) is 5.02 Å². The van der Waals surface area contributed by atoms with Gasteiger partial charge in [-0.15, -0.1) is 10.2 Å². The van der Waals surface area contributed by atoms with Gasteiger partial charge < -0.3 is 14.5 Å². The number of nitrogens with zero attached hydrogens (tertiary/aromatic N) is 3. The zero-order valence-electron chi connectivity index (χ0n) is 18.8. The van der Waals surface area contributed by atoms with Crippen molar-refractivity contribution in [3.63, 3.8) is 0 Å². The van der Waals surface area contributed by atoms with Gasteiger partial charge in [-0.25, -0.2) is 0 Å². The van der Waals surface area contributed by atoms with Crippen LogP contribution in [0.3, 0.4) is 0 Å². The summed E-state index contributed by atoms with van der Waals surface area (Å²) >= 11 is 7.98. The lowest BCUT2D eigenvalue weighted by Crippen LogP contribution is -2.16. The van der Waals surface area contributed by atoms with E-state index in [1.165, 1.54) is 19.3 Å². The second-order valence-electron chi connectivity index (χ2n) is 8.03. The van der Waals surface area contributed by atoms with Gasteiger partial charge in [0, 0.05) is 22.6 Å². The zero-order valence-corrected chi connectivity index (χ0v) is 20.4. The van der Waals surface area contributed by atoms with Crippen LogP contribution in [0.2, 0.25) is 5.02 Å². The maximum Gasteiger partial charge on any atom is 0.247 e. The molecule has 0 radical (unpaired) electrons. The number of aromatic nitrogens is 3. The van der Waals surface area contributed by atoms with Gasteiger partial charge >= 0.3 is 0 Å². The van der Waals surface area contributed by atoms with Crippen LogP contribution in [-0.2, 0) is 0 Å². The van der Waals surface area contributed by atoms with E-state index in [9.17, 15) is 0 Å². The number of fused-ring (bicyclic) bond motifs is 3. The summed E-state index contributed by atoms with van der Waals surface area (Å²) in [5.74, 6) is 2.68. The summed E-state index contributed by atoms with van der Waals surface area (Å²) in [6.45, 7) is 2.21. The summed E-state index contributed by atoms with van der Waals surface area (Å²) in [4.78, 5) is 4.71. The first-order chi connectivity index (χ1) is 16.7. The van der Waals surface area contributed by atoms with Crippen LogP contribution in [0.15, 0.2) is 70.2 Å². The summed E-state index contributed by atoms with van der Waals surface area (Å²) in [5, 5.41) is 13.5. The highest BCUT2D eigenvalue weighted by molar-refractivity contribution is 7.99. The first-order valence-corrected chi connectivity index (χ1v) is 12.8. The van der Waals surface area contributed by atoms with Crippen LogP contribution in [0.4, 0.5) is 5.69 Å². The molecule has 4 aromatic rings. The molecule has 8 heteroatoms. The van der Waals surface area contributed by atoms with Crippen LogP contribution in [0.25, 0.3) is 22.6 Å². The van der Waals surface area contributed by atoms with Gasteiger partial charge in [0.25, 0.3) is 0 Å². The van der Waals surface area contributed by atoms with Crippen molar-refractivity contribution in [2.24, 2.45) is 0 Å². The molecule has 0 aliphatic carbocycles. The monoisotopic (exact) mass is 492 g/mol. The SMILES string of the molecule is CCCCCCSc1nnc2c(n1)OC(c1ccc(-c3ccccc3Cl)o1)Nc1ccccc1-2. The number of rotatable bonds is 8. The highest BCUT2D eigenvalue weighted by atomic mass is 35.5. The standard InChI is InChI=1S/C26H25ClN4O2S/c1-2-3-4-9-16-34-26-29-25-23(30-31-26)18-11-6-8-13-20(18)28-24(33-25)22-15-14-21(32-22)17-10-5-7-12-19(17)27/h5-8,10-15,24,28H,2-4,9,16H2,1H3. The fourth-order valence-corrected chi connectivity index (χ4v) is 4.83. The fourth-order valence-electron chi connectivity index (χ4n) is 3.83. The third kappa shape index (κ3) is 4.91. The van der Waals surface area contributed by atoms with Crippen molar-refractivity contribution < 1.29 is 9.15 Å². The van der Waals surface area contributed by atoms with E-state index < -0.39 is 6.23 Å². The molecule has 0 amide bonds. The van der Waals surface area contributed by atoms with Gasteiger partial charge in [-0.05, 0) is 36.8 Å². The Morgan fingerprint density at radius 3 is 2.62 bits per heavy atom. The highest BCUT2D eigenvalue weighted by Gasteiger charge is 2.28. The number of anilines is 1. The normalized spacial score (nSPS) is 14.5. The number of thioether (sulfide) groups is 1. The number of furan rings is 1. The maximum atomic E-state index is 6.37. The number of benzene rings is 2. The second-order valence-corrected chi connectivity index (χ2v) is 9.50. The Bertz CT molecular complexity index is 1280. The van der Waals surface area contributed by atoms with E-state index >= 15 is 0 Å². The summed E-state index contributed by atoms with van der Waals surface area (Å²) in [7, 11) is 0. The minimum atomic E-state index is -0.585. The van der Waals surface area contributed by atoms with Crippen molar-refractivity contribution in [1.29, 1.82) is 0 Å². The molecule has 2 aromatic heterocycles. The average Bonchev–Trinajstić information content (AvgIpc) is 3.28. The molecule has 0 fully saturated rings. The van der Waals surface area contributed by atoms with Crippen molar-refractivity contribution in [3.8, 4) is 28.5 Å². The maximum absolute atomic E-state index is 6.37.